The summed E-state index contributed by atoms with van der Waals surface area (Å²) in [6.45, 7) is 5.72. The average molecular weight is 496 g/mol. The molecule has 2 aromatic carbocycles. The summed E-state index contributed by atoms with van der Waals surface area (Å²) in [7, 11) is 1.18. The van der Waals surface area contributed by atoms with Crippen LogP contribution in [0, 0.1) is 5.41 Å². The van der Waals surface area contributed by atoms with Crippen LogP contribution in [0.2, 0.25) is 0 Å². The number of ether oxygens (including phenoxy) is 1. The maximum Gasteiger partial charge on any atom is 0.269 e. The van der Waals surface area contributed by atoms with Crippen LogP contribution in [-0.4, -0.2) is 70.5 Å². The number of rotatable bonds is 8. The van der Waals surface area contributed by atoms with E-state index in [1.807, 2.05) is 63.2 Å². The van der Waals surface area contributed by atoms with Gasteiger partial charge in [0.1, 0.15) is 18.3 Å². The van der Waals surface area contributed by atoms with Gasteiger partial charge in [0, 0.05) is 18.2 Å². The Labute approximate surface area is 210 Å². The highest BCUT2D eigenvalue weighted by Crippen LogP contribution is 2.24. The molecule has 1 aliphatic heterocycles. The number of nitrogens with zero attached hydrogens (tertiary/aromatic N) is 1. The van der Waals surface area contributed by atoms with Gasteiger partial charge >= 0.3 is 0 Å². The van der Waals surface area contributed by atoms with Gasteiger partial charge in [-0.3, -0.25) is 9.59 Å². The Hall–Kier alpha value is -3.37. The Morgan fingerprint density at radius 3 is 2.33 bits per heavy atom. The van der Waals surface area contributed by atoms with Gasteiger partial charge in [0.15, 0.2) is 6.10 Å². The maximum atomic E-state index is 13.0. The molecule has 0 saturated heterocycles. The van der Waals surface area contributed by atoms with Crippen molar-refractivity contribution in [3.63, 3.8) is 0 Å². The fraction of sp³-hybridized carbons (Fsp3) is 0.370. The van der Waals surface area contributed by atoms with Crippen molar-refractivity contribution in [2.24, 2.45) is 10.4 Å². The molecule has 0 fully saturated rings. The second-order valence-corrected chi connectivity index (χ2v) is 9.64. The van der Waals surface area contributed by atoms with Crippen LogP contribution in [0.1, 0.15) is 31.9 Å². The zero-order chi connectivity index (χ0) is 26.5. The van der Waals surface area contributed by atoms with E-state index in [1.165, 1.54) is 13.2 Å². The smallest absolute Gasteiger partial charge is 0.269 e. The number of methoxy groups -OCH3 is 1. The number of hydrogen-bond donors (Lipinski definition) is 5. The summed E-state index contributed by atoms with van der Waals surface area (Å²) < 4.78 is 5.13. The zero-order valence-electron chi connectivity index (χ0n) is 20.8. The molecular weight excluding hydrogens is 462 g/mol. The molecule has 9 nitrogen and oxygen atoms in total. The third-order valence-electron chi connectivity index (χ3n) is 5.59. The van der Waals surface area contributed by atoms with Gasteiger partial charge in [-0.2, -0.15) is 0 Å². The number of benzodiazepines with no additional fused rings is 1. The van der Waals surface area contributed by atoms with E-state index >= 15 is 0 Å². The van der Waals surface area contributed by atoms with Crippen molar-refractivity contribution in [3.05, 3.63) is 77.9 Å². The molecule has 36 heavy (non-hydrogen) atoms. The van der Waals surface area contributed by atoms with Crippen molar-refractivity contribution in [1.29, 1.82) is 0 Å². The van der Waals surface area contributed by atoms with Crippen LogP contribution >= 0.6 is 0 Å². The molecule has 0 aromatic heterocycles. The second-order valence-electron chi connectivity index (χ2n) is 9.64. The van der Waals surface area contributed by atoms with Crippen LogP contribution in [0.4, 0.5) is 5.69 Å². The highest BCUT2D eigenvalue weighted by Gasteiger charge is 2.37. The molecule has 3 rings (SSSR count). The van der Waals surface area contributed by atoms with Crippen LogP contribution in [-0.2, 0) is 14.3 Å². The number of amides is 2. The maximum absolute atomic E-state index is 13.0. The lowest BCUT2D eigenvalue weighted by Gasteiger charge is -2.28. The fourth-order valence-corrected chi connectivity index (χ4v) is 3.68. The number of carbonyl (C=O) groups is 2. The lowest BCUT2D eigenvalue weighted by atomic mass is 9.94. The Balaban J connectivity index is 1.85. The molecule has 192 valence electrons. The van der Waals surface area contributed by atoms with Gasteiger partial charge in [0.2, 0.25) is 6.17 Å². The standard InChI is InChI=1S/C27H33N3O6/c1-27(2,3)15-14-19(31)21(32)22(33)23(36-4)25(34)30-24-26(35)28-18-13-9-8-12-17(18)20(29-24)16-10-6-5-7-11-16/h5-15,19,21-24,31-33H,1-4H3,(H,28,35)(H,30,34)/t19-,21+,22-,23-,24?/m1/s1. The second kappa shape index (κ2) is 11.6. The highest BCUT2D eigenvalue weighted by molar-refractivity contribution is 6.19. The quantitative estimate of drug-likeness (QED) is 0.353. The van der Waals surface area contributed by atoms with Crippen LogP contribution in [0.15, 0.2) is 71.7 Å². The Morgan fingerprint density at radius 1 is 1.06 bits per heavy atom. The molecule has 0 radical (unpaired) electrons. The predicted octanol–water partition coefficient (Wildman–Crippen LogP) is 1.62. The largest absolute Gasteiger partial charge is 0.387 e. The molecule has 2 amide bonds. The first kappa shape index (κ1) is 27.2. The summed E-state index contributed by atoms with van der Waals surface area (Å²) in [5, 5.41) is 36.6. The number of nitrogens with one attached hydrogen (secondary N) is 2. The van der Waals surface area contributed by atoms with E-state index in [0.717, 1.165) is 5.56 Å². The van der Waals surface area contributed by atoms with Gasteiger partial charge in [-0.1, -0.05) is 81.5 Å². The number of fused-ring (bicyclic) bond motifs is 1. The van der Waals surface area contributed by atoms with Gasteiger partial charge < -0.3 is 30.7 Å². The molecule has 0 saturated carbocycles. The first-order chi connectivity index (χ1) is 17.0. The minimum atomic E-state index is -1.78. The minimum absolute atomic E-state index is 0.261. The molecule has 2 aromatic rings. The monoisotopic (exact) mass is 495 g/mol. The predicted molar refractivity (Wildman–Crippen MR) is 136 cm³/mol. The highest BCUT2D eigenvalue weighted by atomic mass is 16.5. The number of carbonyl (C=O) groups excluding carboxylic acids is 2. The molecule has 1 aliphatic rings. The summed E-state index contributed by atoms with van der Waals surface area (Å²) in [5.41, 5.74) is 2.19. The number of aliphatic hydroxyl groups excluding tert-OH is 3. The average Bonchev–Trinajstić information content (AvgIpc) is 2.98. The van der Waals surface area contributed by atoms with Crippen molar-refractivity contribution in [2.75, 3.05) is 12.4 Å². The van der Waals surface area contributed by atoms with Crippen molar-refractivity contribution in [2.45, 2.75) is 51.4 Å². The van der Waals surface area contributed by atoms with E-state index in [0.29, 0.717) is 17.0 Å². The van der Waals surface area contributed by atoms with Crippen molar-refractivity contribution < 1.29 is 29.6 Å². The molecule has 1 heterocycles. The first-order valence-electron chi connectivity index (χ1n) is 11.6. The third kappa shape index (κ3) is 6.64. The summed E-state index contributed by atoms with van der Waals surface area (Å²) in [4.78, 5) is 30.5. The molecule has 1 unspecified atom stereocenters. The van der Waals surface area contributed by atoms with E-state index in [4.69, 9.17) is 4.74 Å². The normalized spacial score (nSPS) is 19.4. The molecular formula is C27H33N3O6. The summed E-state index contributed by atoms with van der Waals surface area (Å²) in [6.07, 6.45) is -4.82. The van der Waals surface area contributed by atoms with Crippen LogP contribution in [0.3, 0.4) is 0 Å². The van der Waals surface area contributed by atoms with E-state index in [1.54, 1.807) is 18.2 Å². The lowest BCUT2D eigenvalue weighted by molar-refractivity contribution is -0.150. The summed E-state index contributed by atoms with van der Waals surface area (Å²) >= 11 is 0. The van der Waals surface area contributed by atoms with Crippen LogP contribution < -0.4 is 10.6 Å². The number of benzene rings is 2. The number of hydrogen-bond acceptors (Lipinski definition) is 7. The number of aliphatic hydroxyl groups is 3. The first-order valence-corrected chi connectivity index (χ1v) is 11.6. The zero-order valence-corrected chi connectivity index (χ0v) is 20.8. The summed E-state index contributed by atoms with van der Waals surface area (Å²) in [5.74, 6) is -1.46. The molecule has 5 atom stereocenters. The number of anilines is 1. The fourth-order valence-electron chi connectivity index (χ4n) is 3.68. The van der Waals surface area contributed by atoms with Crippen LogP contribution in [0.5, 0.6) is 0 Å². The van der Waals surface area contributed by atoms with Gasteiger partial charge in [-0.15, -0.1) is 0 Å². The molecule has 5 N–H and O–H groups in total. The van der Waals surface area contributed by atoms with Crippen molar-refractivity contribution in [3.8, 4) is 0 Å². The van der Waals surface area contributed by atoms with Crippen LogP contribution in [0.25, 0.3) is 0 Å². The number of para-hydroxylation sites is 1. The van der Waals surface area contributed by atoms with E-state index in [2.05, 4.69) is 15.6 Å². The lowest BCUT2D eigenvalue weighted by Crippen LogP contribution is -2.54. The molecule has 0 bridgehead atoms. The van der Waals surface area contributed by atoms with E-state index in [9.17, 15) is 24.9 Å². The molecule has 0 spiro atoms. The Morgan fingerprint density at radius 2 is 1.69 bits per heavy atom. The van der Waals surface area contributed by atoms with Crippen molar-refractivity contribution >= 4 is 23.2 Å². The number of allylic oxidation sites excluding steroid dienone is 1. The summed E-state index contributed by atoms with van der Waals surface area (Å²) in [6, 6.07) is 16.4. The SMILES string of the molecule is CO[C@@H](C(=O)NC1N=C(c2ccccc2)c2ccccc2NC1=O)[C@H](O)[C@@H](O)[C@H](O)C=CC(C)(C)C. The third-order valence-corrected chi connectivity index (χ3v) is 5.59. The van der Waals surface area contributed by atoms with Gasteiger partial charge in [0.05, 0.1) is 11.4 Å². The van der Waals surface area contributed by atoms with Gasteiger partial charge in [0.25, 0.3) is 11.8 Å². The van der Waals surface area contributed by atoms with Gasteiger partial charge in [-0.05, 0) is 11.5 Å². The van der Waals surface area contributed by atoms with E-state index in [-0.39, 0.29) is 5.41 Å². The molecule has 9 heteroatoms. The Bertz CT molecular complexity index is 1130. The minimum Gasteiger partial charge on any atom is -0.387 e. The van der Waals surface area contributed by atoms with Crippen molar-refractivity contribution in [1.82, 2.24) is 5.32 Å². The van der Waals surface area contributed by atoms with E-state index < -0.39 is 42.4 Å². The number of aliphatic imine (C=N–C) groups is 1. The van der Waals surface area contributed by atoms with Gasteiger partial charge in [-0.25, -0.2) is 4.99 Å². The topological polar surface area (TPSA) is 140 Å². The Kier molecular flexibility index (Phi) is 8.75. The molecule has 0 aliphatic carbocycles.